The van der Waals surface area contributed by atoms with E-state index in [0.717, 1.165) is 45.4 Å². The van der Waals surface area contributed by atoms with Gasteiger partial charge in [0, 0.05) is 19.5 Å². The third-order valence-corrected chi connectivity index (χ3v) is 3.96. The van der Waals surface area contributed by atoms with E-state index in [-0.39, 0.29) is 12.0 Å². The molecular weight excluding hydrogens is 216 g/mol. The van der Waals surface area contributed by atoms with Gasteiger partial charge in [0.1, 0.15) is 0 Å². The zero-order valence-corrected chi connectivity index (χ0v) is 10.5. The number of carbonyl (C=O) groups is 1. The Kier molecular flexibility index (Phi) is 4.80. The van der Waals surface area contributed by atoms with E-state index >= 15 is 0 Å². The summed E-state index contributed by atoms with van der Waals surface area (Å²) in [6, 6.07) is 0. The molecule has 2 unspecified atom stereocenters. The van der Waals surface area contributed by atoms with Gasteiger partial charge < -0.3 is 15.3 Å². The van der Waals surface area contributed by atoms with Crippen LogP contribution in [-0.2, 0) is 4.79 Å². The number of amides is 1. The predicted molar refractivity (Wildman–Crippen MR) is 66.6 cm³/mol. The summed E-state index contributed by atoms with van der Waals surface area (Å²) in [5.74, 6) is 0.652. The third-order valence-electron chi connectivity index (χ3n) is 3.96. The number of likely N-dealkylation sites (tertiary alicyclic amines) is 1. The van der Waals surface area contributed by atoms with E-state index in [1.54, 1.807) is 0 Å². The van der Waals surface area contributed by atoms with Gasteiger partial charge in [-0.25, -0.2) is 0 Å². The third kappa shape index (κ3) is 4.28. The zero-order valence-electron chi connectivity index (χ0n) is 10.5. The fourth-order valence-electron chi connectivity index (χ4n) is 2.85. The number of hydrogen-bond acceptors (Lipinski definition) is 3. The van der Waals surface area contributed by atoms with Crippen LogP contribution >= 0.6 is 0 Å². The lowest BCUT2D eigenvalue weighted by atomic mass is 10.1. The molecule has 1 amide bonds. The second-order valence-corrected chi connectivity index (χ2v) is 5.44. The lowest BCUT2D eigenvalue weighted by molar-refractivity contribution is -0.121. The molecule has 2 aliphatic rings. The normalized spacial score (nSPS) is 29.7. The summed E-state index contributed by atoms with van der Waals surface area (Å²) in [5, 5.41) is 12.4. The summed E-state index contributed by atoms with van der Waals surface area (Å²) < 4.78 is 0. The molecule has 1 heterocycles. The van der Waals surface area contributed by atoms with Gasteiger partial charge >= 0.3 is 0 Å². The molecule has 2 rings (SSSR count). The first-order chi connectivity index (χ1) is 8.24. The number of aliphatic hydroxyl groups excluding tert-OH is 1. The van der Waals surface area contributed by atoms with Crippen molar-refractivity contribution in [2.75, 3.05) is 26.2 Å². The van der Waals surface area contributed by atoms with Crippen molar-refractivity contribution in [3.05, 3.63) is 0 Å². The van der Waals surface area contributed by atoms with Crippen molar-refractivity contribution in [2.45, 2.75) is 44.6 Å². The molecule has 2 fully saturated rings. The van der Waals surface area contributed by atoms with Gasteiger partial charge in [-0.2, -0.15) is 0 Å². The van der Waals surface area contributed by atoms with Gasteiger partial charge in [-0.1, -0.05) is 0 Å². The van der Waals surface area contributed by atoms with E-state index in [1.807, 2.05) is 0 Å². The summed E-state index contributed by atoms with van der Waals surface area (Å²) in [6.07, 6.45) is 5.84. The molecule has 0 aromatic carbocycles. The van der Waals surface area contributed by atoms with Crippen molar-refractivity contribution in [3.63, 3.8) is 0 Å². The highest BCUT2D eigenvalue weighted by molar-refractivity contribution is 5.76. The lowest BCUT2D eigenvalue weighted by Crippen LogP contribution is -2.32. The minimum absolute atomic E-state index is 0.137. The number of aliphatic hydroxyl groups is 1. The zero-order chi connectivity index (χ0) is 12.1. The number of carbonyl (C=O) groups excluding carboxylic acids is 1. The molecule has 1 aliphatic heterocycles. The molecule has 2 atom stereocenters. The van der Waals surface area contributed by atoms with Crippen molar-refractivity contribution in [2.24, 2.45) is 5.92 Å². The van der Waals surface area contributed by atoms with Crippen molar-refractivity contribution in [3.8, 4) is 0 Å². The van der Waals surface area contributed by atoms with E-state index in [4.69, 9.17) is 0 Å². The van der Waals surface area contributed by atoms with Gasteiger partial charge in [-0.05, 0) is 51.1 Å². The first kappa shape index (κ1) is 12.8. The second-order valence-electron chi connectivity index (χ2n) is 5.44. The van der Waals surface area contributed by atoms with Crippen molar-refractivity contribution >= 4 is 5.91 Å². The van der Waals surface area contributed by atoms with E-state index in [9.17, 15) is 9.90 Å². The van der Waals surface area contributed by atoms with Crippen LogP contribution < -0.4 is 5.32 Å². The highest BCUT2D eigenvalue weighted by atomic mass is 16.3. The Morgan fingerprint density at radius 3 is 2.71 bits per heavy atom. The fourth-order valence-corrected chi connectivity index (χ4v) is 2.85. The Labute approximate surface area is 103 Å². The summed E-state index contributed by atoms with van der Waals surface area (Å²) in [5.41, 5.74) is 0. The van der Waals surface area contributed by atoms with Crippen molar-refractivity contribution in [1.29, 1.82) is 0 Å². The van der Waals surface area contributed by atoms with Crippen molar-refractivity contribution < 1.29 is 9.90 Å². The van der Waals surface area contributed by atoms with Gasteiger partial charge in [-0.15, -0.1) is 0 Å². The van der Waals surface area contributed by atoms with Crippen LogP contribution in [0.3, 0.4) is 0 Å². The van der Waals surface area contributed by atoms with E-state index in [2.05, 4.69) is 10.2 Å². The molecule has 1 aliphatic carbocycles. The Morgan fingerprint density at radius 1 is 1.29 bits per heavy atom. The second kappa shape index (κ2) is 6.36. The van der Waals surface area contributed by atoms with Crippen LogP contribution in [0.4, 0.5) is 0 Å². The average molecular weight is 240 g/mol. The molecule has 0 aromatic rings. The minimum Gasteiger partial charge on any atom is -0.393 e. The highest BCUT2D eigenvalue weighted by Crippen LogP contribution is 2.24. The molecule has 0 bridgehead atoms. The summed E-state index contributed by atoms with van der Waals surface area (Å²) in [6.45, 7) is 3.96. The molecule has 4 heteroatoms. The maximum atomic E-state index is 11.6. The summed E-state index contributed by atoms with van der Waals surface area (Å²) >= 11 is 0. The van der Waals surface area contributed by atoms with Crippen LogP contribution in [0, 0.1) is 5.92 Å². The van der Waals surface area contributed by atoms with Crippen molar-refractivity contribution in [1.82, 2.24) is 10.2 Å². The lowest BCUT2D eigenvalue weighted by Gasteiger charge is -2.15. The number of nitrogens with one attached hydrogen (secondary N) is 1. The van der Waals surface area contributed by atoms with Gasteiger partial charge in [0.2, 0.25) is 5.91 Å². The Hall–Kier alpha value is -0.610. The van der Waals surface area contributed by atoms with Gasteiger partial charge in [0.15, 0.2) is 0 Å². The average Bonchev–Trinajstić information content (AvgIpc) is 2.95. The largest absolute Gasteiger partial charge is 0.393 e. The minimum atomic E-state index is -0.137. The quantitative estimate of drug-likeness (QED) is 0.745. The molecule has 1 saturated heterocycles. The van der Waals surface area contributed by atoms with Crippen LogP contribution in [-0.4, -0.2) is 48.2 Å². The molecule has 0 spiro atoms. The number of nitrogens with zero attached hydrogens (tertiary/aromatic N) is 1. The molecule has 2 N–H and O–H groups in total. The monoisotopic (exact) mass is 240 g/mol. The first-order valence-corrected chi connectivity index (χ1v) is 6.91. The SMILES string of the molecule is O=C(CCN1CCCC1)NCC1CCC(O)C1. The van der Waals surface area contributed by atoms with Gasteiger partial charge in [0.05, 0.1) is 6.10 Å². The van der Waals surface area contributed by atoms with Gasteiger partial charge in [0.25, 0.3) is 0 Å². The van der Waals surface area contributed by atoms with E-state index in [0.29, 0.717) is 12.3 Å². The van der Waals surface area contributed by atoms with Crippen LogP contribution in [0.2, 0.25) is 0 Å². The molecule has 0 aromatic heterocycles. The van der Waals surface area contributed by atoms with Crippen LogP contribution in [0.1, 0.15) is 38.5 Å². The van der Waals surface area contributed by atoms with Crippen LogP contribution in [0.25, 0.3) is 0 Å². The summed E-state index contributed by atoms with van der Waals surface area (Å²) in [7, 11) is 0. The van der Waals surface area contributed by atoms with E-state index < -0.39 is 0 Å². The maximum Gasteiger partial charge on any atom is 0.221 e. The smallest absolute Gasteiger partial charge is 0.221 e. The maximum absolute atomic E-state index is 11.6. The van der Waals surface area contributed by atoms with Gasteiger partial charge in [-0.3, -0.25) is 4.79 Å². The molecular formula is C13H24N2O2. The van der Waals surface area contributed by atoms with Crippen LogP contribution in [0.5, 0.6) is 0 Å². The Balaban J connectivity index is 1.54. The topological polar surface area (TPSA) is 52.6 Å². The fraction of sp³-hybridized carbons (Fsp3) is 0.923. The molecule has 0 radical (unpaired) electrons. The predicted octanol–water partition coefficient (Wildman–Crippen LogP) is 0.749. The standard InChI is InChI=1S/C13H24N2O2/c16-12-4-3-11(9-12)10-14-13(17)5-8-15-6-1-2-7-15/h11-12,16H,1-10H2,(H,14,17). The number of rotatable bonds is 5. The van der Waals surface area contributed by atoms with Crippen LogP contribution in [0.15, 0.2) is 0 Å². The number of hydrogen-bond donors (Lipinski definition) is 2. The molecule has 1 saturated carbocycles. The molecule has 17 heavy (non-hydrogen) atoms. The highest BCUT2D eigenvalue weighted by Gasteiger charge is 2.23. The first-order valence-electron chi connectivity index (χ1n) is 6.91. The Morgan fingerprint density at radius 2 is 2.06 bits per heavy atom. The molecule has 98 valence electrons. The van der Waals surface area contributed by atoms with E-state index in [1.165, 1.54) is 12.8 Å². The molecule has 4 nitrogen and oxygen atoms in total. The Bertz CT molecular complexity index is 252. The summed E-state index contributed by atoms with van der Waals surface area (Å²) in [4.78, 5) is 14.0.